The highest BCUT2D eigenvalue weighted by molar-refractivity contribution is 7.20. The van der Waals surface area contributed by atoms with Crippen LogP contribution in [0.4, 0.5) is 5.00 Å². The van der Waals surface area contributed by atoms with Gasteiger partial charge in [-0.25, -0.2) is 0 Å². The van der Waals surface area contributed by atoms with Crippen LogP contribution in [-0.4, -0.2) is 16.9 Å². The van der Waals surface area contributed by atoms with E-state index in [2.05, 4.69) is 5.32 Å². The van der Waals surface area contributed by atoms with Crippen LogP contribution in [0.3, 0.4) is 0 Å². The molecule has 104 valence electrons. The predicted molar refractivity (Wildman–Crippen MR) is 78.5 cm³/mol. The van der Waals surface area contributed by atoms with Crippen molar-refractivity contribution in [1.82, 2.24) is 0 Å². The highest BCUT2D eigenvalue weighted by Gasteiger charge is 2.15. The lowest BCUT2D eigenvalue weighted by Gasteiger charge is -2.00. The van der Waals surface area contributed by atoms with Crippen molar-refractivity contribution in [3.63, 3.8) is 0 Å². The van der Waals surface area contributed by atoms with Crippen LogP contribution in [0.15, 0.2) is 30.3 Å². The van der Waals surface area contributed by atoms with Crippen LogP contribution in [0.2, 0.25) is 0 Å². The van der Waals surface area contributed by atoms with E-state index in [0.29, 0.717) is 5.00 Å². The number of aliphatic hydroxyl groups excluding tert-OH is 1. The maximum atomic E-state index is 11.4. The number of nitrogens with one attached hydrogen (secondary N) is 1. The molecule has 0 aliphatic rings. The van der Waals surface area contributed by atoms with Crippen molar-refractivity contribution in [2.45, 2.75) is 13.5 Å². The van der Waals surface area contributed by atoms with E-state index >= 15 is 0 Å². The third kappa shape index (κ3) is 3.04. The van der Waals surface area contributed by atoms with Crippen molar-refractivity contribution in [3.05, 3.63) is 41.5 Å². The standard InChI is InChI=1S/C14H14N2O3S/c1-8(18)16-14-11(13(15)19)6-12(20-14)10-4-2-3-9(5-10)7-17/h2-6,17H,7H2,1H3,(H2,15,19)(H,16,18). The van der Waals surface area contributed by atoms with E-state index in [9.17, 15) is 9.59 Å². The number of amides is 2. The Morgan fingerprint density at radius 1 is 1.35 bits per heavy atom. The summed E-state index contributed by atoms with van der Waals surface area (Å²) in [6.07, 6.45) is 0. The SMILES string of the molecule is CC(=O)Nc1sc(-c2cccc(CO)c2)cc1C(N)=O. The molecule has 0 saturated heterocycles. The number of aliphatic hydroxyl groups is 1. The number of rotatable bonds is 4. The zero-order chi connectivity index (χ0) is 14.7. The fraction of sp³-hybridized carbons (Fsp3) is 0.143. The number of carbonyl (C=O) groups is 2. The van der Waals surface area contributed by atoms with Crippen molar-refractivity contribution in [3.8, 4) is 10.4 Å². The van der Waals surface area contributed by atoms with Crippen LogP contribution in [0.5, 0.6) is 0 Å². The zero-order valence-corrected chi connectivity index (χ0v) is 11.7. The number of hydrogen-bond donors (Lipinski definition) is 3. The minimum Gasteiger partial charge on any atom is -0.392 e. The van der Waals surface area contributed by atoms with Gasteiger partial charge >= 0.3 is 0 Å². The second-order valence-corrected chi connectivity index (χ2v) is 5.31. The molecule has 0 fully saturated rings. The van der Waals surface area contributed by atoms with Gasteiger partial charge in [0.2, 0.25) is 5.91 Å². The minimum absolute atomic E-state index is 0.0551. The van der Waals surface area contributed by atoms with Gasteiger partial charge < -0.3 is 16.2 Å². The van der Waals surface area contributed by atoms with Crippen molar-refractivity contribution in [2.24, 2.45) is 5.73 Å². The van der Waals surface area contributed by atoms with Gasteiger partial charge in [-0.1, -0.05) is 18.2 Å². The van der Waals surface area contributed by atoms with Crippen molar-refractivity contribution < 1.29 is 14.7 Å². The molecule has 0 aliphatic heterocycles. The second-order valence-electron chi connectivity index (χ2n) is 4.26. The zero-order valence-electron chi connectivity index (χ0n) is 10.8. The number of primary amides is 1. The number of carbonyl (C=O) groups excluding carboxylic acids is 2. The van der Waals surface area contributed by atoms with Gasteiger partial charge in [0, 0.05) is 11.8 Å². The molecule has 2 aromatic rings. The molecule has 0 bridgehead atoms. The molecule has 20 heavy (non-hydrogen) atoms. The van der Waals surface area contributed by atoms with E-state index in [1.807, 2.05) is 18.2 Å². The third-order valence-electron chi connectivity index (χ3n) is 2.68. The van der Waals surface area contributed by atoms with E-state index in [-0.39, 0.29) is 18.1 Å². The summed E-state index contributed by atoms with van der Waals surface area (Å²) in [5.41, 5.74) is 7.24. The summed E-state index contributed by atoms with van der Waals surface area (Å²) in [7, 11) is 0. The van der Waals surface area contributed by atoms with Crippen LogP contribution >= 0.6 is 11.3 Å². The fourth-order valence-electron chi connectivity index (χ4n) is 1.79. The summed E-state index contributed by atoms with van der Waals surface area (Å²) >= 11 is 1.27. The van der Waals surface area contributed by atoms with Crippen molar-refractivity contribution in [2.75, 3.05) is 5.32 Å². The normalized spacial score (nSPS) is 10.3. The molecule has 0 atom stereocenters. The number of hydrogen-bond acceptors (Lipinski definition) is 4. The average Bonchev–Trinajstić information content (AvgIpc) is 2.82. The Morgan fingerprint density at radius 3 is 2.70 bits per heavy atom. The van der Waals surface area contributed by atoms with Gasteiger partial charge in [0.05, 0.1) is 12.2 Å². The maximum Gasteiger partial charge on any atom is 0.251 e. The first-order valence-corrected chi connectivity index (χ1v) is 6.74. The van der Waals surface area contributed by atoms with Gasteiger partial charge in [-0.15, -0.1) is 11.3 Å². The minimum atomic E-state index is -0.588. The molecule has 0 unspecified atom stereocenters. The predicted octanol–water partition coefficient (Wildman–Crippen LogP) is 1.96. The van der Waals surface area contributed by atoms with E-state index in [4.69, 9.17) is 10.8 Å². The molecule has 1 aromatic heterocycles. The molecule has 2 amide bonds. The van der Waals surface area contributed by atoms with Gasteiger partial charge in [0.25, 0.3) is 5.91 Å². The molecular formula is C14H14N2O3S. The lowest BCUT2D eigenvalue weighted by molar-refractivity contribution is -0.114. The van der Waals surface area contributed by atoms with E-state index in [1.54, 1.807) is 12.1 Å². The molecule has 0 spiro atoms. The van der Waals surface area contributed by atoms with Crippen LogP contribution < -0.4 is 11.1 Å². The first-order chi connectivity index (χ1) is 9.51. The second kappa shape index (κ2) is 5.85. The Balaban J connectivity index is 2.46. The molecule has 0 aliphatic carbocycles. The summed E-state index contributed by atoms with van der Waals surface area (Å²) in [4.78, 5) is 23.4. The molecule has 6 heteroatoms. The Morgan fingerprint density at radius 2 is 2.10 bits per heavy atom. The molecular weight excluding hydrogens is 276 g/mol. The molecule has 1 heterocycles. The van der Waals surface area contributed by atoms with Gasteiger partial charge in [0.15, 0.2) is 0 Å². The van der Waals surface area contributed by atoms with Crippen LogP contribution in [0, 0.1) is 0 Å². The van der Waals surface area contributed by atoms with Gasteiger partial charge in [-0.05, 0) is 23.3 Å². The Hall–Kier alpha value is -2.18. The van der Waals surface area contributed by atoms with Gasteiger partial charge in [-0.2, -0.15) is 0 Å². The van der Waals surface area contributed by atoms with E-state index in [0.717, 1.165) is 16.0 Å². The summed E-state index contributed by atoms with van der Waals surface area (Å²) in [5, 5.41) is 12.2. The van der Waals surface area contributed by atoms with Crippen molar-refractivity contribution >= 4 is 28.2 Å². The third-order valence-corrected chi connectivity index (χ3v) is 3.78. The summed E-state index contributed by atoms with van der Waals surface area (Å²) in [6, 6.07) is 8.97. The Kier molecular flexibility index (Phi) is 4.16. The monoisotopic (exact) mass is 290 g/mol. The van der Waals surface area contributed by atoms with Crippen LogP contribution in [-0.2, 0) is 11.4 Å². The molecule has 1 aromatic carbocycles. The number of thiophene rings is 1. The lowest BCUT2D eigenvalue weighted by Crippen LogP contribution is -2.14. The highest BCUT2D eigenvalue weighted by atomic mass is 32.1. The van der Waals surface area contributed by atoms with E-state index in [1.165, 1.54) is 18.3 Å². The quantitative estimate of drug-likeness (QED) is 0.803. The topological polar surface area (TPSA) is 92.4 Å². The average molecular weight is 290 g/mol. The first kappa shape index (κ1) is 14.2. The van der Waals surface area contributed by atoms with Gasteiger partial charge in [-0.3, -0.25) is 9.59 Å². The van der Waals surface area contributed by atoms with Gasteiger partial charge in [0.1, 0.15) is 5.00 Å². The summed E-state index contributed by atoms with van der Waals surface area (Å²) in [5.74, 6) is -0.848. The maximum absolute atomic E-state index is 11.4. The fourth-order valence-corrected chi connectivity index (χ4v) is 2.90. The molecule has 0 saturated carbocycles. The first-order valence-electron chi connectivity index (χ1n) is 5.92. The summed E-state index contributed by atoms with van der Waals surface area (Å²) < 4.78 is 0. The molecule has 5 nitrogen and oxygen atoms in total. The Bertz CT molecular complexity index is 664. The van der Waals surface area contributed by atoms with Crippen molar-refractivity contribution in [1.29, 1.82) is 0 Å². The Labute approximate surface area is 120 Å². The van der Waals surface area contributed by atoms with Crippen LogP contribution in [0.1, 0.15) is 22.8 Å². The molecule has 4 N–H and O–H groups in total. The van der Waals surface area contributed by atoms with E-state index < -0.39 is 5.91 Å². The number of nitrogens with two attached hydrogens (primary N) is 1. The highest BCUT2D eigenvalue weighted by Crippen LogP contribution is 2.35. The molecule has 0 radical (unpaired) electrons. The summed E-state index contributed by atoms with van der Waals surface area (Å²) in [6.45, 7) is 1.32. The largest absolute Gasteiger partial charge is 0.392 e. The smallest absolute Gasteiger partial charge is 0.251 e. The number of anilines is 1. The lowest BCUT2D eigenvalue weighted by atomic mass is 10.1. The number of benzene rings is 1. The molecule has 2 rings (SSSR count). The van der Waals surface area contributed by atoms with Crippen LogP contribution in [0.25, 0.3) is 10.4 Å².